The van der Waals surface area contributed by atoms with Gasteiger partial charge in [-0.25, -0.2) is 10.5 Å². The van der Waals surface area contributed by atoms with Gasteiger partial charge in [0.25, 0.3) is 0 Å². The quantitative estimate of drug-likeness (QED) is 0.274. The van der Waals surface area contributed by atoms with Crippen molar-refractivity contribution in [2.45, 2.75) is 24.2 Å². The SMILES string of the molecule is CC#CCOc1ccc(C2=[C-]CC(I)C(=O)N2CC)c(F)c1.[Y]. The summed E-state index contributed by atoms with van der Waals surface area (Å²) in [5, 5.41) is 0. The molecule has 1 radical (unpaired) electrons. The molecule has 1 aromatic carbocycles. The van der Waals surface area contributed by atoms with Crippen LogP contribution in [0.4, 0.5) is 4.39 Å². The maximum atomic E-state index is 14.4. The zero-order valence-electron chi connectivity index (χ0n) is 13.0. The molecule has 1 aliphatic heterocycles. The number of hydrogen-bond donors (Lipinski definition) is 0. The fourth-order valence-corrected chi connectivity index (χ4v) is 2.73. The van der Waals surface area contributed by atoms with Gasteiger partial charge in [0.1, 0.15) is 12.4 Å². The van der Waals surface area contributed by atoms with Gasteiger partial charge in [-0.2, -0.15) is 0 Å². The number of amides is 1. The minimum Gasteiger partial charge on any atom is -0.481 e. The molecule has 0 bridgehead atoms. The molecule has 1 atom stereocenters. The smallest absolute Gasteiger partial charge is 0.235 e. The molecule has 119 valence electrons. The number of carbonyl (C=O) groups is 1. The first kappa shape index (κ1) is 20.6. The number of carbonyl (C=O) groups excluding carboxylic acids is 1. The third-order valence-electron chi connectivity index (χ3n) is 3.25. The monoisotopic (exact) mass is 501 g/mol. The van der Waals surface area contributed by atoms with E-state index in [0.717, 1.165) is 0 Å². The Morgan fingerprint density at radius 2 is 2.26 bits per heavy atom. The van der Waals surface area contributed by atoms with Crippen molar-refractivity contribution in [3.63, 3.8) is 0 Å². The maximum absolute atomic E-state index is 14.4. The molecule has 1 unspecified atom stereocenters. The Hall–Kier alpha value is -0.446. The van der Waals surface area contributed by atoms with Crippen molar-refractivity contribution in [2.24, 2.45) is 0 Å². The van der Waals surface area contributed by atoms with Crippen LogP contribution in [0.3, 0.4) is 0 Å². The second-order valence-electron chi connectivity index (χ2n) is 4.64. The van der Waals surface area contributed by atoms with Gasteiger partial charge < -0.3 is 9.64 Å². The van der Waals surface area contributed by atoms with Crippen LogP contribution in [0.2, 0.25) is 0 Å². The van der Waals surface area contributed by atoms with Gasteiger partial charge in [-0.05, 0) is 26.0 Å². The van der Waals surface area contributed by atoms with Crippen molar-refractivity contribution in [3.05, 3.63) is 35.7 Å². The summed E-state index contributed by atoms with van der Waals surface area (Å²) in [4.78, 5) is 13.8. The fraction of sp³-hybridized carbons (Fsp3) is 0.353. The van der Waals surface area contributed by atoms with Crippen LogP contribution in [0.1, 0.15) is 25.8 Å². The minimum absolute atomic E-state index is 0. The molecule has 0 aromatic heterocycles. The standard InChI is InChI=1S/C17H16FINO2.Y/c1-3-5-10-22-12-6-7-13(14(18)11-12)16-9-8-15(19)17(21)20(16)4-2;/h6-7,11,15H,4,8,10H2,1-2H3;/q-1;. The summed E-state index contributed by atoms with van der Waals surface area (Å²) in [5.41, 5.74) is 0.880. The number of rotatable bonds is 4. The molecule has 0 saturated carbocycles. The van der Waals surface area contributed by atoms with Gasteiger partial charge in [-0.15, -0.1) is 23.2 Å². The first-order valence-electron chi connectivity index (χ1n) is 6.97. The van der Waals surface area contributed by atoms with Crippen LogP contribution in [0, 0.1) is 23.7 Å². The van der Waals surface area contributed by atoms with Crippen LogP contribution in [-0.2, 0) is 37.5 Å². The zero-order chi connectivity index (χ0) is 16.1. The molecule has 0 spiro atoms. The third-order valence-corrected chi connectivity index (χ3v) is 4.23. The molecule has 0 N–H and O–H groups in total. The Morgan fingerprint density at radius 1 is 1.52 bits per heavy atom. The van der Waals surface area contributed by atoms with E-state index in [0.29, 0.717) is 30.0 Å². The predicted octanol–water partition coefficient (Wildman–Crippen LogP) is 3.43. The molecule has 6 heteroatoms. The summed E-state index contributed by atoms with van der Waals surface area (Å²) in [7, 11) is 0. The normalized spacial score (nSPS) is 16.9. The molecule has 0 fully saturated rings. The largest absolute Gasteiger partial charge is 0.481 e. The number of allylic oxidation sites excluding steroid dienone is 1. The Labute approximate surface area is 175 Å². The molecular weight excluding hydrogens is 485 g/mol. The molecule has 3 nitrogen and oxygen atoms in total. The van der Waals surface area contributed by atoms with Gasteiger partial charge >= 0.3 is 0 Å². The van der Waals surface area contributed by atoms with Gasteiger partial charge in [0.2, 0.25) is 5.91 Å². The van der Waals surface area contributed by atoms with Gasteiger partial charge in [0.05, 0.1) is 9.74 Å². The Morgan fingerprint density at radius 3 is 2.87 bits per heavy atom. The van der Waals surface area contributed by atoms with E-state index < -0.39 is 5.82 Å². The van der Waals surface area contributed by atoms with Crippen molar-refractivity contribution in [1.82, 2.24) is 4.90 Å². The number of benzene rings is 1. The first-order chi connectivity index (χ1) is 10.6. The van der Waals surface area contributed by atoms with E-state index in [-0.39, 0.29) is 49.1 Å². The molecule has 23 heavy (non-hydrogen) atoms. The number of nitrogens with zero attached hydrogens (tertiary/aromatic N) is 1. The molecule has 0 saturated heterocycles. The summed E-state index contributed by atoms with van der Waals surface area (Å²) in [6.07, 6.45) is 3.64. The summed E-state index contributed by atoms with van der Waals surface area (Å²) in [6, 6.07) is 4.62. The van der Waals surface area contributed by atoms with Gasteiger partial charge in [-0.1, -0.05) is 34.9 Å². The van der Waals surface area contributed by atoms with Gasteiger partial charge in [0.15, 0.2) is 0 Å². The molecule has 1 aromatic rings. The minimum atomic E-state index is -0.428. The molecule has 2 rings (SSSR count). The van der Waals surface area contributed by atoms with E-state index in [1.807, 2.05) is 6.92 Å². The average Bonchev–Trinajstić information content (AvgIpc) is 2.51. The van der Waals surface area contributed by atoms with Crippen LogP contribution in [0.15, 0.2) is 18.2 Å². The number of halogens is 2. The van der Waals surface area contributed by atoms with E-state index in [1.54, 1.807) is 24.0 Å². The van der Waals surface area contributed by atoms with Gasteiger partial charge in [-0.3, -0.25) is 4.79 Å². The van der Waals surface area contributed by atoms with E-state index in [2.05, 4.69) is 40.5 Å². The average molecular weight is 501 g/mol. The Balaban J connectivity index is 0.00000264. The maximum Gasteiger partial charge on any atom is 0.235 e. The zero-order valence-corrected chi connectivity index (χ0v) is 18.0. The third kappa shape index (κ3) is 5.01. The van der Waals surface area contributed by atoms with Crippen molar-refractivity contribution < 1.29 is 46.6 Å². The van der Waals surface area contributed by atoms with Crippen molar-refractivity contribution in [1.29, 1.82) is 0 Å². The Bertz CT molecular complexity index is 666. The topological polar surface area (TPSA) is 29.5 Å². The Kier molecular flexibility index (Phi) is 8.74. The molecule has 1 aliphatic rings. The van der Waals surface area contributed by atoms with E-state index in [4.69, 9.17) is 4.74 Å². The summed E-state index contributed by atoms with van der Waals surface area (Å²) in [6.45, 7) is 4.30. The van der Waals surface area contributed by atoms with Crippen LogP contribution < -0.4 is 4.74 Å². The van der Waals surface area contributed by atoms with E-state index in [9.17, 15) is 9.18 Å². The summed E-state index contributed by atoms with van der Waals surface area (Å²) < 4.78 is 19.6. The van der Waals surface area contributed by atoms with Gasteiger partial charge in [0, 0.05) is 39.3 Å². The van der Waals surface area contributed by atoms with Crippen LogP contribution in [-0.4, -0.2) is 27.9 Å². The van der Waals surface area contributed by atoms with Crippen LogP contribution in [0.25, 0.3) is 5.70 Å². The molecular formula is C17H16FINO2Y-. The molecule has 1 heterocycles. The van der Waals surface area contributed by atoms with E-state index in [1.165, 1.54) is 6.07 Å². The molecule has 0 aliphatic carbocycles. The van der Waals surface area contributed by atoms with Crippen molar-refractivity contribution >= 4 is 34.2 Å². The van der Waals surface area contributed by atoms with Crippen molar-refractivity contribution in [2.75, 3.05) is 13.2 Å². The predicted molar refractivity (Wildman–Crippen MR) is 91.8 cm³/mol. The number of hydrogen-bond acceptors (Lipinski definition) is 2. The van der Waals surface area contributed by atoms with Crippen LogP contribution >= 0.6 is 22.6 Å². The molecule has 1 amide bonds. The fourth-order valence-electron chi connectivity index (χ4n) is 2.17. The summed E-state index contributed by atoms with van der Waals surface area (Å²) in [5.74, 6) is 5.45. The number of alkyl halides is 1. The number of ether oxygens (including phenoxy) is 1. The second kappa shape index (κ2) is 9.75. The second-order valence-corrected chi connectivity index (χ2v) is 6.14. The summed E-state index contributed by atoms with van der Waals surface area (Å²) >= 11 is 2.09. The van der Waals surface area contributed by atoms with Crippen LogP contribution in [0.5, 0.6) is 5.75 Å². The van der Waals surface area contributed by atoms with Crippen molar-refractivity contribution in [3.8, 4) is 17.6 Å². The first-order valence-corrected chi connectivity index (χ1v) is 8.21. The van der Waals surface area contributed by atoms with E-state index >= 15 is 0 Å².